The number of hydrogen-bond donors (Lipinski definition) is 1. The van der Waals surface area contributed by atoms with E-state index < -0.39 is 0 Å². The standard InChI is InChI=1S/C22H21NO4/c1-3-25-19-10-6-8-16-11-17(13-26-21(16)19)22(24)23-14(2)20-12-15-7-4-5-9-18(15)27-20/h4-12,14H,3,13H2,1-2H3,(H,23,24). The number of furan rings is 1. The Hall–Kier alpha value is -3.21. The number of carbonyl (C=O) groups is 1. The molecule has 0 aliphatic carbocycles. The van der Waals surface area contributed by atoms with Gasteiger partial charge in [0.05, 0.1) is 18.2 Å². The number of ether oxygens (including phenoxy) is 2. The van der Waals surface area contributed by atoms with E-state index in [1.54, 1.807) is 0 Å². The van der Waals surface area contributed by atoms with Crippen LogP contribution in [0.4, 0.5) is 0 Å². The van der Waals surface area contributed by atoms with Gasteiger partial charge in [0.1, 0.15) is 18.0 Å². The second-order valence-electron chi connectivity index (χ2n) is 6.45. The second-order valence-corrected chi connectivity index (χ2v) is 6.45. The molecule has 1 aromatic heterocycles. The van der Waals surface area contributed by atoms with Crippen LogP contribution in [0.3, 0.4) is 0 Å². The number of fused-ring (bicyclic) bond motifs is 2. The zero-order chi connectivity index (χ0) is 18.8. The Morgan fingerprint density at radius 3 is 2.89 bits per heavy atom. The monoisotopic (exact) mass is 363 g/mol. The Bertz CT molecular complexity index is 985. The highest BCUT2D eigenvalue weighted by molar-refractivity contribution is 5.99. The summed E-state index contributed by atoms with van der Waals surface area (Å²) >= 11 is 0. The molecule has 0 saturated heterocycles. The lowest BCUT2D eigenvalue weighted by Gasteiger charge is -2.21. The lowest BCUT2D eigenvalue weighted by atomic mass is 10.1. The molecule has 1 N–H and O–H groups in total. The van der Waals surface area contributed by atoms with E-state index in [9.17, 15) is 4.79 Å². The third kappa shape index (κ3) is 3.40. The van der Waals surface area contributed by atoms with Gasteiger partial charge >= 0.3 is 0 Å². The molecule has 2 heterocycles. The Morgan fingerprint density at radius 2 is 2.07 bits per heavy atom. The third-order valence-corrected chi connectivity index (χ3v) is 4.52. The molecule has 5 nitrogen and oxygen atoms in total. The summed E-state index contributed by atoms with van der Waals surface area (Å²) in [5, 5.41) is 4.00. The molecule has 0 radical (unpaired) electrons. The molecular formula is C22H21NO4. The van der Waals surface area contributed by atoms with Crippen LogP contribution in [0.15, 0.2) is 58.5 Å². The Balaban J connectivity index is 1.52. The number of para-hydroxylation sites is 2. The number of carbonyl (C=O) groups excluding carboxylic acids is 1. The maximum Gasteiger partial charge on any atom is 0.251 e. The summed E-state index contributed by atoms with van der Waals surface area (Å²) in [7, 11) is 0. The fraction of sp³-hybridized carbons (Fsp3) is 0.227. The largest absolute Gasteiger partial charge is 0.490 e. The molecule has 0 saturated carbocycles. The van der Waals surface area contributed by atoms with E-state index in [0.717, 1.165) is 22.3 Å². The van der Waals surface area contributed by atoms with Gasteiger partial charge in [0.2, 0.25) is 0 Å². The van der Waals surface area contributed by atoms with Crippen LogP contribution >= 0.6 is 0 Å². The van der Waals surface area contributed by atoms with Gasteiger partial charge in [-0.15, -0.1) is 0 Å². The molecule has 27 heavy (non-hydrogen) atoms. The Kier molecular flexibility index (Phi) is 4.59. The van der Waals surface area contributed by atoms with E-state index in [1.807, 2.05) is 68.5 Å². The van der Waals surface area contributed by atoms with E-state index >= 15 is 0 Å². The van der Waals surface area contributed by atoms with Gasteiger partial charge in [0.15, 0.2) is 11.5 Å². The van der Waals surface area contributed by atoms with Crippen molar-refractivity contribution in [1.29, 1.82) is 0 Å². The van der Waals surface area contributed by atoms with Gasteiger partial charge in [0.25, 0.3) is 5.91 Å². The minimum absolute atomic E-state index is 0.171. The van der Waals surface area contributed by atoms with Gasteiger partial charge in [-0.05, 0) is 38.1 Å². The highest BCUT2D eigenvalue weighted by Crippen LogP contribution is 2.36. The minimum atomic E-state index is -0.248. The van der Waals surface area contributed by atoms with Gasteiger partial charge < -0.3 is 19.2 Å². The summed E-state index contributed by atoms with van der Waals surface area (Å²) in [5.41, 5.74) is 2.22. The summed E-state index contributed by atoms with van der Waals surface area (Å²) in [6.07, 6.45) is 1.85. The molecule has 1 amide bonds. The van der Waals surface area contributed by atoms with Crippen LogP contribution < -0.4 is 14.8 Å². The van der Waals surface area contributed by atoms with Gasteiger partial charge in [-0.1, -0.05) is 30.3 Å². The molecule has 1 unspecified atom stereocenters. The summed E-state index contributed by atoms with van der Waals surface area (Å²) in [6, 6.07) is 15.2. The van der Waals surface area contributed by atoms with Crippen molar-refractivity contribution in [3.05, 3.63) is 65.4 Å². The number of hydrogen-bond acceptors (Lipinski definition) is 4. The first-order valence-corrected chi connectivity index (χ1v) is 9.04. The fourth-order valence-corrected chi connectivity index (χ4v) is 3.16. The van der Waals surface area contributed by atoms with E-state index in [4.69, 9.17) is 13.9 Å². The van der Waals surface area contributed by atoms with E-state index in [2.05, 4.69) is 5.32 Å². The predicted octanol–water partition coefficient (Wildman–Crippen LogP) is 4.48. The average molecular weight is 363 g/mol. The van der Waals surface area contributed by atoms with Crippen LogP contribution in [0.5, 0.6) is 11.5 Å². The van der Waals surface area contributed by atoms with Crippen molar-refractivity contribution < 1.29 is 18.7 Å². The van der Waals surface area contributed by atoms with E-state index in [0.29, 0.717) is 23.7 Å². The summed E-state index contributed by atoms with van der Waals surface area (Å²) in [5.74, 6) is 1.93. The van der Waals surface area contributed by atoms with Gasteiger partial charge in [-0.25, -0.2) is 0 Å². The van der Waals surface area contributed by atoms with Crippen molar-refractivity contribution >= 4 is 23.0 Å². The van der Waals surface area contributed by atoms with Crippen LogP contribution in [-0.2, 0) is 4.79 Å². The number of amides is 1. The molecule has 1 aliphatic heterocycles. The lowest BCUT2D eigenvalue weighted by molar-refractivity contribution is -0.118. The molecule has 1 atom stereocenters. The molecule has 0 spiro atoms. The number of rotatable bonds is 5. The molecule has 0 fully saturated rings. The maximum absolute atomic E-state index is 12.7. The normalized spacial score (nSPS) is 14.1. The van der Waals surface area contributed by atoms with Crippen molar-refractivity contribution in [2.75, 3.05) is 13.2 Å². The van der Waals surface area contributed by atoms with Crippen molar-refractivity contribution in [1.82, 2.24) is 5.32 Å². The Labute approximate surface area is 157 Å². The first-order valence-electron chi connectivity index (χ1n) is 9.04. The topological polar surface area (TPSA) is 60.7 Å². The highest BCUT2D eigenvalue weighted by Gasteiger charge is 2.22. The van der Waals surface area contributed by atoms with E-state index in [-0.39, 0.29) is 18.6 Å². The fourth-order valence-electron chi connectivity index (χ4n) is 3.16. The molecule has 138 valence electrons. The molecule has 0 bridgehead atoms. The molecular weight excluding hydrogens is 342 g/mol. The van der Waals surface area contributed by atoms with E-state index in [1.165, 1.54) is 0 Å². The lowest BCUT2D eigenvalue weighted by Crippen LogP contribution is -2.30. The van der Waals surface area contributed by atoms with Crippen molar-refractivity contribution in [2.45, 2.75) is 19.9 Å². The molecule has 1 aliphatic rings. The highest BCUT2D eigenvalue weighted by atomic mass is 16.5. The minimum Gasteiger partial charge on any atom is -0.490 e. The summed E-state index contributed by atoms with van der Waals surface area (Å²) in [6.45, 7) is 4.60. The van der Waals surface area contributed by atoms with Gasteiger partial charge in [-0.2, -0.15) is 0 Å². The Morgan fingerprint density at radius 1 is 1.22 bits per heavy atom. The van der Waals surface area contributed by atoms with Crippen LogP contribution in [0.25, 0.3) is 17.0 Å². The number of nitrogens with one attached hydrogen (secondary N) is 1. The second kappa shape index (κ2) is 7.19. The van der Waals surface area contributed by atoms with Crippen molar-refractivity contribution in [2.24, 2.45) is 0 Å². The van der Waals surface area contributed by atoms with Crippen LogP contribution in [0.1, 0.15) is 31.2 Å². The molecule has 5 heteroatoms. The SMILES string of the molecule is CCOc1cccc2c1OCC(C(=O)NC(C)c1cc3ccccc3o1)=C2. The molecule has 2 aromatic carbocycles. The molecule has 3 aromatic rings. The van der Waals surface area contributed by atoms with Gasteiger partial charge in [0, 0.05) is 10.9 Å². The summed E-state index contributed by atoms with van der Waals surface area (Å²) < 4.78 is 17.2. The molecule has 4 rings (SSSR count). The average Bonchev–Trinajstić information content (AvgIpc) is 3.12. The quantitative estimate of drug-likeness (QED) is 0.726. The van der Waals surface area contributed by atoms with Crippen molar-refractivity contribution in [3.8, 4) is 11.5 Å². The first-order chi connectivity index (χ1) is 13.2. The van der Waals surface area contributed by atoms with Crippen LogP contribution in [0.2, 0.25) is 0 Å². The van der Waals surface area contributed by atoms with Crippen LogP contribution in [0, 0.1) is 0 Å². The predicted molar refractivity (Wildman–Crippen MR) is 104 cm³/mol. The number of benzene rings is 2. The third-order valence-electron chi connectivity index (χ3n) is 4.52. The van der Waals surface area contributed by atoms with Gasteiger partial charge in [-0.3, -0.25) is 4.79 Å². The smallest absolute Gasteiger partial charge is 0.251 e. The maximum atomic E-state index is 12.7. The summed E-state index contributed by atoms with van der Waals surface area (Å²) in [4.78, 5) is 12.7. The first kappa shape index (κ1) is 17.2. The van der Waals surface area contributed by atoms with Crippen LogP contribution in [-0.4, -0.2) is 19.1 Å². The zero-order valence-electron chi connectivity index (χ0n) is 15.3. The zero-order valence-corrected chi connectivity index (χ0v) is 15.3. The van der Waals surface area contributed by atoms with Crippen molar-refractivity contribution in [3.63, 3.8) is 0 Å².